The van der Waals surface area contributed by atoms with E-state index in [0.717, 1.165) is 10.7 Å². The van der Waals surface area contributed by atoms with Gasteiger partial charge in [0.05, 0.1) is 24.4 Å². The van der Waals surface area contributed by atoms with Crippen molar-refractivity contribution in [1.82, 2.24) is 9.88 Å². The van der Waals surface area contributed by atoms with E-state index >= 15 is 0 Å². The third-order valence-corrected chi connectivity index (χ3v) is 3.56. The van der Waals surface area contributed by atoms with Crippen molar-refractivity contribution in [2.75, 3.05) is 19.5 Å². The summed E-state index contributed by atoms with van der Waals surface area (Å²) >= 11 is 1.58. The zero-order valence-corrected chi connectivity index (χ0v) is 12.5. The zero-order chi connectivity index (χ0) is 14.5. The van der Waals surface area contributed by atoms with Crippen LogP contribution in [0, 0.1) is 6.92 Å². The van der Waals surface area contributed by atoms with E-state index in [1.54, 1.807) is 36.5 Å². The molecular weight excluding hydrogens is 274 g/mol. The number of nitrogens with one attached hydrogen (secondary N) is 1. The average Bonchev–Trinajstić information content (AvgIpc) is 2.84. The Morgan fingerprint density at radius 3 is 2.95 bits per heavy atom. The molecule has 20 heavy (non-hydrogen) atoms. The van der Waals surface area contributed by atoms with Gasteiger partial charge in [-0.1, -0.05) is 6.07 Å². The van der Waals surface area contributed by atoms with E-state index in [0.29, 0.717) is 18.0 Å². The Morgan fingerprint density at radius 1 is 1.50 bits per heavy atom. The summed E-state index contributed by atoms with van der Waals surface area (Å²) in [7, 11) is 3.34. The number of rotatable bonds is 4. The number of aromatic nitrogens is 1. The predicted octanol–water partition coefficient (Wildman–Crippen LogP) is 3.12. The van der Waals surface area contributed by atoms with Gasteiger partial charge in [0.15, 0.2) is 0 Å². The van der Waals surface area contributed by atoms with Crippen molar-refractivity contribution in [3.8, 4) is 5.75 Å². The maximum Gasteiger partial charge on any atom is 0.321 e. The molecule has 0 fully saturated rings. The topological polar surface area (TPSA) is 54.5 Å². The van der Waals surface area contributed by atoms with Crippen molar-refractivity contribution >= 4 is 23.1 Å². The molecule has 1 aromatic carbocycles. The third-order valence-electron chi connectivity index (χ3n) is 2.73. The van der Waals surface area contributed by atoms with E-state index in [2.05, 4.69) is 10.3 Å². The quantitative estimate of drug-likeness (QED) is 0.941. The van der Waals surface area contributed by atoms with Crippen LogP contribution in [0.5, 0.6) is 5.75 Å². The number of carbonyl (C=O) groups is 1. The second kappa shape index (κ2) is 6.38. The first-order valence-electron chi connectivity index (χ1n) is 6.15. The summed E-state index contributed by atoms with van der Waals surface area (Å²) in [6.07, 6.45) is 0. The molecule has 5 nitrogen and oxygen atoms in total. The fourth-order valence-corrected chi connectivity index (χ4v) is 2.32. The molecule has 0 saturated heterocycles. The van der Waals surface area contributed by atoms with Crippen LogP contribution >= 0.6 is 11.3 Å². The van der Waals surface area contributed by atoms with Crippen LogP contribution in [0.25, 0.3) is 0 Å². The Morgan fingerprint density at radius 2 is 2.30 bits per heavy atom. The van der Waals surface area contributed by atoms with Crippen molar-refractivity contribution in [1.29, 1.82) is 0 Å². The highest BCUT2D eigenvalue weighted by Gasteiger charge is 2.11. The van der Waals surface area contributed by atoms with Gasteiger partial charge in [0.1, 0.15) is 5.75 Å². The van der Waals surface area contributed by atoms with E-state index < -0.39 is 0 Å². The SMILES string of the molecule is COc1cccc(NC(=O)N(C)Cc2csc(C)n2)c1. The molecule has 0 atom stereocenters. The number of amides is 2. The molecule has 2 amide bonds. The molecule has 106 valence electrons. The number of anilines is 1. The summed E-state index contributed by atoms with van der Waals surface area (Å²) in [5, 5.41) is 5.79. The molecule has 0 spiro atoms. The summed E-state index contributed by atoms with van der Waals surface area (Å²) < 4.78 is 5.12. The molecule has 0 unspecified atom stereocenters. The van der Waals surface area contributed by atoms with Crippen LogP contribution < -0.4 is 10.1 Å². The van der Waals surface area contributed by atoms with Crippen molar-refractivity contribution in [2.24, 2.45) is 0 Å². The number of aryl methyl sites for hydroxylation is 1. The van der Waals surface area contributed by atoms with Gasteiger partial charge in [0, 0.05) is 24.2 Å². The van der Waals surface area contributed by atoms with Gasteiger partial charge in [-0.05, 0) is 19.1 Å². The molecule has 0 aliphatic heterocycles. The minimum Gasteiger partial charge on any atom is -0.497 e. The second-order valence-corrected chi connectivity index (χ2v) is 5.44. The highest BCUT2D eigenvalue weighted by Crippen LogP contribution is 2.17. The second-order valence-electron chi connectivity index (χ2n) is 4.38. The first-order valence-corrected chi connectivity index (χ1v) is 7.03. The van der Waals surface area contributed by atoms with E-state index in [1.165, 1.54) is 0 Å². The predicted molar refractivity (Wildman–Crippen MR) is 80.3 cm³/mol. The molecule has 6 heteroatoms. The number of methoxy groups -OCH3 is 1. The molecular formula is C14H17N3O2S. The highest BCUT2D eigenvalue weighted by atomic mass is 32.1. The number of carbonyl (C=O) groups excluding carboxylic acids is 1. The molecule has 0 radical (unpaired) electrons. The molecule has 0 bridgehead atoms. The Kier molecular flexibility index (Phi) is 4.57. The molecule has 0 aliphatic carbocycles. The number of hydrogen-bond donors (Lipinski definition) is 1. The van der Waals surface area contributed by atoms with E-state index in [4.69, 9.17) is 4.74 Å². The fraction of sp³-hybridized carbons (Fsp3) is 0.286. The zero-order valence-electron chi connectivity index (χ0n) is 11.7. The summed E-state index contributed by atoms with van der Waals surface area (Å²) in [5.41, 5.74) is 1.60. The monoisotopic (exact) mass is 291 g/mol. The number of thiazole rings is 1. The minimum atomic E-state index is -0.177. The van der Waals surface area contributed by atoms with Gasteiger partial charge in [0.25, 0.3) is 0 Å². The first kappa shape index (κ1) is 14.3. The smallest absolute Gasteiger partial charge is 0.321 e. The maximum atomic E-state index is 12.1. The van der Waals surface area contributed by atoms with Crippen LogP contribution in [-0.4, -0.2) is 30.1 Å². The molecule has 1 aromatic heterocycles. The van der Waals surface area contributed by atoms with E-state index in [-0.39, 0.29) is 6.03 Å². The van der Waals surface area contributed by atoms with Crippen molar-refractivity contribution in [3.63, 3.8) is 0 Å². The molecule has 1 N–H and O–H groups in total. The van der Waals surface area contributed by atoms with Gasteiger partial charge in [-0.3, -0.25) is 0 Å². The normalized spacial score (nSPS) is 10.2. The maximum absolute atomic E-state index is 12.1. The Labute approximate surface area is 122 Å². The van der Waals surface area contributed by atoms with Crippen molar-refractivity contribution in [3.05, 3.63) is 40.3 Å². The van der Waals surface area contributed by atoms with Crippen molar-refractivity contribution < 1.29 is 9.53 Å². The lowest BCUT2D eigenvalue weighted by molar-refractivity contribution is 0.220. The largest absolute Gasteiger partial charge is 0.497 e. The highest BCUT2D eigenvalue weighted by molar-refractivity contribution is 7.09. The van der Waals surface area contributed by atoms with E-state index in [9.17, 15) is 4.79 Å². The van der Waals surface area contributed by atoms with Crippen LogP contribution in [0.3, 0.4) is 0 Å². The van der Waals surface area contributed by atoms with Crippen LogP contribution in [0.4, 0.5) is 10.5 Å². The van der Waals surface area contributed by atoms with E-state index in [1.807, 2.05) is 30.5 Å². The number of benzene rings is 1. The Balaban J connectivity index is 1.96. The van der Waals surface area contributed by atoms with Crippen LogP contribution in [0.2, 0.25) is 0 Å². The number of hydrogen-bond acceptors (Lipinski definition) is 4. The third kappa shape index (κ3) is 3.71. The Hall–Kier alpha value is -2.08. The molecule has 0 aliphatic rings. The van der Waals surface area contributed by atoms with Gasteiger partial charge in [0.2, 0.25) is 0 Å². The molecule has 0 saturated carbocycles. The van der Waals surface area contributed by atoms with Gasteiger partial charge < -0.3 is 15.0 Å². The van der Waals surface area contributed by atoms with Gasteiger partial charge in [-0.25, -0.2) is 9.78 Å². The summed E-state index contributed by atoms with van der Waals surface area (Å²) in [6, 6.07) is 7.08. The molecule has 2 rings (SSSR count). The van der Waals surface area contributed by atoms with Gasteiger partial charge in [-0.2, -0.15) is 0 Å². The van der Waals surface area contributed by atoms with Crippen LogP contribution in [-0.2, 0) is 6.54 Å². The summed E-state index contributed by atoms with van der Waals surface area (Å²) in [5.74, 6) is 0.709. The molecule has 2 aromatic rings. The average molecular weight is 291 g/mol. The minimum absolute atomic E-state index is 0.177. The number of ether oxygens (including phenoxy) is 1. The molecule has 1 heterocycles. The van der Waals surface area contributed by atoms with Gasteiger partial charge in [-0.15, -0.1) is 11.3 Å². The lowest BCUT2D eigenvalue weighted by Crippen LogP contribution is -2.30. The van der Waals surface area contributed by atoms with Crippen molar-refractivity contribution in [2.45, 2.75) is 13.5 Å². The van der Waals surface area contributed by atoms with Gasteiger partial charge >= 0.3 is 6.03 Å². The lowest BCUT2D eigenvalue weighted by atomic mass is 10.3. The Bertz CT molecular complexity index is 598. The number of nitrogens with zero attached hydrogens (tertiary/aromatic N) is 2. The first-order chi connectivity index (χ1) is 9.58. The number of urea groups is 1. The van der Waals surface area contributed by atoms with Crippen LogP contribution in [0.1, 0.15) is 10.7 Å². The standard InChI is InChI=1S/C14H17N3O2S/c1-10-15-12(9-20-10)8-17(2)14(18)16-11-5-4-6-13(7-11)19-3/h4-7,9H,8H2,1-3H3,(H,16,18). The fourth-order valence-electron chi connectivity index (χ4n) is 1.72. The summed E-state index contributed by atoms with van der Waals surface area (Å²) in [4.78, 5) is 18.0. The lowest BCUT2D eigenvalue weighted by Gasteiger charge is -2.17. The summed E-state index contributed by atoms with van der Waals surface area (Å²) in [6.45, 7) is 2.44. The van der Waals surface area contributed by atoms with Crippen LogP contribution in [0.15, 0.2) is 29.6 Å².